The first kappa shape index (κ1) is 15.5. The molecule has 0 N–H and O–H groups in total. The van der Waals surface area contributed by atoms with Crippen LogP contribution in [-0.4, -0.2) is 13.0 Å². The molecule has 0 radical (unpaired) electrons. The van der Waals surface area contributed by atoms with Crippen LogP contribution in [0.5, 0.6) is 0 Å². The molecular formula is C17H14N2O2S2. The van der Waals surface area contributed by atoms with Gasteiger partial charge < -0.3 is 4.57 Å². The molecule has 0 aliphatic rings. The van der Waals surface area contributed by atoms with Gasteiger partial charge in [-0.05, 0) is 31.2 Å². The van der Waals surface area contributed by atoms with Gasteiger partial charge >= 0.3 is 0 Å². The van der Waals surface area contributed by atoms with E-state index in [1.807, 2.05) is 31.2 Å². The quantitative estimate of drug-likeness (QED) is 0.687. The van der Waals surface area contributed by atoms with Crippen LogP contribution >= 0.6 is 11.3 Å². The van der Waals surface area contributed by atoms with Gasteiger partial charge in [-0.2, -0.15) is 8.42 Å². The van der Waals surface area contributed by atoms with Crippen LogP contribution in [0, 0.1) is 19.3 Å². The summed E-state index contributed by atoms with van der Waals surface area (Å²) in [6, 6.07) is 14.2. The fourth-order valence-electron chi connectivity index (χ4n) is 2.20. The third-order valence-electron chi connectivity index (χ3n) is 3.35. The summed E-state index contributed by atoms with van der Waals surface area (Å²) < 4.78 is 31.7. The van der Waals surface area contributed by atoms with E-state index in [9.17, 15) is 8.42 Å². The van der Waals surface area contributed by atoms with Gasteiger partial charge in [-0.15, -0.1) is 10.8 Å². The van der Waals surface area contributed by atoms with Gasteiger partial charge in [0, 0.05) is 0 Å². The number of nitrogens with zero attached hydrogens (tertiary/aromatic N) is 2. The number of benzene rings is 2. The Morgan fingerprint density at radius 1 is 1.17 bits per heavy atom. The highest BCUT2D eigenvalue weighted by atomic mass is 32.2. The van der Waals surface area contributed by atoms with Crippen LogP contribution in [0.2, 0.25) is 0 Å². The molecule has 6 heteroatoms. The molecule has 0 saturated heterocycles. The second-order valence-electron chi connectivity index (χ2n) is 5.02. The number of aryl methyl sites for hydroxylation is 1. The summed E-state index contributed by atoms with van der Waals surface area (Å²) in [5.41, 5.74) is 1.88. The minimum Gasteiger partial charge on any atom is -0.304 e. The van der Waals surface area contributed by atoms with E-state index in [0.29, 0.717) is 4.80 Å². The molecule has 1 aromatic heterocycles. The molecule has 3 rings (SSSR count). The number of fused-ring (bicyclic) bond motifs is 1. The number of aromatic nitrogens is 1. The van der Waals surface area contributed by atoms with Crippen molar-refractivity contribution in [3.05, 3.63) is 58.9 Å². The summed E-state index contributed by atoms with van der Waals surface area (Å²) in [5, 5.41) is 0. The van der Waals surface area contributed by atoms with Gasteiger partial charge in [0.05, 0.1) is 21.7 Å². The third-order valence-corrected chi connectivity index (χ3v) is 5.81. The maximum atomic E-state index is 12.5. The molecule has 116 valence electrons. The lowest BCUT2D eigenvalue weighted by Crippen LogP contribution is -2.16. The van der Waals surface area contributed by atoms with Crippen molar-refractivity contribution in [2.24, 2.45) is 4.40 Å². The first-order valence-electron chi connectivity index (χ1n) is 6.91. The highest BCUT2D eigenvalue weighted by Crippen LogP contribution is 2.18. The first-order valence-corrected chi connectivity index (χ1v) is 9.16. The Kier molecular flexibility index (Phi) is 4.07. The summed E-state index contributed by atoms with van der Waals surface area (Å²) in [4.78, 5) is 0.553. The molecule has 0 bridgehead atoms. The number of sulfonamides is 1. The van der Waals surface area contributed by atoms with E-state index in [0.717, 1.165) is 15.8 Å². The standard InChI is InChI=1S/C17H14N2O2S2/c1-3-12-19-15-6-4-5-7-16(15)22-17(19)18-23(20,21)14-10-8-13(2)9-11-14/h1,4-11H,12H2,2H3. The molecular weight excluding hydrogens is 328 g/mol. The second kappa shape index (κ2) is 6.03. The Bertz CT molecular complexity index is 1070. The summed E-state index contributed by atoms with van der Waals surface area (Å²) in [6.45, 7) is 2.17. The van der Waals surface area contributed by atoms with Gasteiger partial charge in [0.1, 0.15) is 0 Å². The average Bonchev–Trinajstić information content (AvgIpc) is 2.85. The van der Waals surface area contributed by atoms with E-state index >= 15 is 0 Å². The van der Waals surface area contributed by atoms with Crippen molar-refractivity contribution in [2.45, 2.75) is 18.4 Å². The van der Waals surface area contributed by atoms with E-state index in [-0.39, 0.29) is 11.4 Å². The third kappa shape index (κ3) is 3.07. The molecule has 0 spiro atoms. The molecule has 0 atom stereocenters. The minimum absolute atomic E-state index is 0.174. The van der Waals surface area contributed by atoms with Crippen molar-refractivity contribution in [3.8, 4) is 12.3 Å². The molecule has 0 unspecified atom stereocenters. The molecule has 2 aromatic carbocycles. The number of hydrogen-bond donors (Lipinski definition) is 0. The van der Waals surface area contributed by atoms with Gasteiger partial charge in [0.15, 0.2) is 0 Å². The van der Waals surface area contributed by atoms with Gasteiger partial charge in [-0.3, -0.25) is 0 Å². The van der Waals surface area contributed by atoms with E-state index in [4.69, 9.17) is 6.42 Å². The fourth-order valence-corrected chi connectivity index (χ4v) is 4.43. The van der Waals surface area contributed by atoms with Crippen LogP contribution in [0.4, 0.5) is 0 Å². The van der Waals surface area contributed by atoms with E-state index in [1.165, 1.54) is 11.3 Å². The summed E-state index contributed by atoms with van der Waals surface area (Å²) in [7, 11) is -3.77. The molecule has 23 heavy (non-hydrogen) atoms. The summed E-state index contributed by atoms with van der Waals surface area (Å²) >= 11 is 1.31. The molecule has 4 nitrogen and oxygen atoms in total. The number of hydrogen-bond acceptors (Lipinski definition) is 3. The molecule has 1 heterocycles. The molecule has 0 fully saturated rings. The largest absolute Gasteiger partial charge is 0.304 e. The molecule has 0 amide bonds. The first-order chi connectivity index (χ1) is 11.0. The maximum Gasteiger partial charge on any atom is 0.285 e. The highest BCUT2D eigenvalue weighted by Gasteiger charge is 2.14. The Labute approximate surface area is 138 Å². The van der Waals surface area contributed by atoms with E-state index < -0.39 is 10.0 Å². The lowest BCUT2D eigenvalue weighted by Gasteiger charge is -2.01. The van der Waals surface area contributed by atoms with Crippen molar-refractivity contribution >= 4 is 31.6 Å². The number of rotatable bonds is 3. The Hall–Kier alpha value is -2.36. The van der Waals surface area contributed by atoms with Crippen LogP contribution in [0.1, 0.15) is 5.56 Å². The monoisotopic (exact) mass is 342 g/mol. The predicted octanol–water partition coefficient (Wildman–Crippen LogP) is 2.93. The molecule has 0 aliphatic heterocycles. The van der Waals surface area contributed by atoms with Crippen molar-refractivity contribution in [2.75, 3.05) is 0 Å². The summed E-state index contributed by atoms with van der Waals surface area (Å²) in [5.74, 6) is 2.55. The Morgan fingerprint density at radius 3 is 2.57 bits per heavy atom. The Morgan fingerprint density at radius 2 is 1.87 bits per heavy atom. The number of thiazole rings is 1. The van der Waals surface area contributed by atoms with Crippen molar-refractivity contribution in [1.29, 1.82) is 0 Å². The van der Waals surface area contributed by atoms with Crippen LogP contribution < -0.4 is 4.80 Å². The minimum atomic E-state index is -3.77. The molecule has 3 aromatic rings. The maximum absolute atomic E-state index is 12.5. The fraction of sp³-hybridized carbons (Fsp3) is 0.118. The topological polar surface area (TPSA) is 51.4 Å². The van der Waals surface area contributed by atoms with Crippen LogP contribution in [0.25, 0.3) is 10.2 Å². The van der Waals surface area contributed by atoms with E-state index in [1.54, 1.807) is 28.8 Å². The van der Waals surface area contributed by atoms with E-state index in [2.05, 4.69) is 10.3 Å². The second-order valence-corrected chi connectivity index (χ2v) is 7.64. The highest BCUT2D eigenvalue weighted by molar-refractivity contribution is 7.90. The summed E-state index contributed by atoms with van der Waals surface area (Å²) in [6.07, 6.45) is 5.41. The van der Waals surface area contributed by atoms with Gasteiger partial charge in [0.25, 0.3) is 10.0 Å². The number of para-hydroxylation sites is 1. The normalized spacial score (nSPS) is 12.4. The zero-order valence-electron chi connectivity index (χ0n) is 12.4. The van der Waals surface area contributed by atoms with Crippen molar-refractivity contribution in [3.63, 3.8) is 0 Å². The predicted molar refractivity (Wildman–Crippen MR) is 92.6 cm³/mol. The average molecular weight is 342 g/mol. The van der Waals surface area contributed by atoms with Gasteiger partial charge in [-0.25, -0.2) is 0 Å². The molecule has 0 aliphatic carbocycles. The van der Waals surface area contributed by atoms with Crippen molar-refractivity contribution < 1.29 is 8.42 Å². The Balaban J connectivity index is 2.22. The van der Waals surface area contributed by atoms with Crippen LogP contribution in [-0.2, 0) is 16.6 Å². The SMILES string of the molecule is C#CCn1c(=NS(=O)(=O)c2ccc(C)cc2)sc2ccccc21. The van der Waals surface area contributed by atoms with Crippen molar-refractivity contribution in [1.82, 2.24) is 4.57 Å². The lowest BCUT2D eigenvalue weighted by atomic mass is 10.2. The van der Waals surface area contributed by atoms with Gasteiger partial charge in [0.2, 0.25) is 4.80 Å². The lowest BCUT2D eigenvalue weighted by molar-refractivity contribution is 0.596. The zero-order valence-corrected chi connectivity index (χ0v) is 14.1. The molecule has 0 saturated carbocycles. The smallest absolute Gasteiger partial charge is 0.285 e. The van der Waals surface area contributed by atoms with Crippen LogP contribution in [0.15, 0.2) is 57.8 Å². The zero-order chi connectivity index (χ0) is 16.4. The van der Waals surface area contributed by atoms with Gasteiger partial charge in [-0.1, -0.05) is 47.1 Å². The van der Waals surface area contributed by atoms with Crippen LogP contribution in [0.3, 0.4) is 0 Å². The number of terminal acetylenes is 1.